The van der Waals surface area contributed by atoms with Crippen molar-refractivity contribution in [1.29, 1.82) is 0 Å². The Kier molecular flexibility index (Phi) is 12.6. The van der Waals surface area contributed by atoms with E-state index in [4.69, 9.17) is 16.6 Å². The van der Waals surface area contributed by atoms with Gasteiger partial charge < -0.3 is 37.6 Å². The van der Waals surface area contributed by atoms with Gasteiger partial charge in [-0.1, -0.05) is 20.3 Å². The highest BCUT2D eigenvalue weighted by molar-refractivity contribution is 5.94. The fourth-order valence-corrected chi connectivity index (χ4v) is 2.60. The molecule has 4 amide bonds. The van der Waals surface area contributed by atoms with Gasteiger partial charge in [0, 0.05) is 12.8 Å². The second-order valence-electron chi connectivity index (χ2n) is 7.56. The Hall–Kier alpha value is -3.22. The molecule has 0 heterocycles. The van der Waals surface area contributed by atoms with Crippen LogP contribution >= 0.6 is 0 Å². The second kappa shape index (κ2) is 14.0. The molecule has 0 aliphatic heterocycles. The Morgan fingerprint density at radius 2 is 1.28 bits per heavy atom. The average Bonchev–Trinajstić information content (AvgIpc) is 2.70. The molecule has 5 atom stereocenters. The van der Waals surface area contributed by atoms with Gasteiger partial charge in [-0.25, -0.2) is 4.79 Å². The molecule has 182 valence electrons. The predicted molar refractivity (Wildman–Crippen MR) is 112 cm³/mol. The maximum atomic E-state index is 12.7. The van der Waals surface area contributed by atoms with Crippen LogP contribution < -0.4 is 27.4 Å². The van der Waals surface area contributed by atoms with Gasteiger partial charge in [-0.05, 0) is 25.7 Å². The van der Waals surface area contributed by atoms with Crippen LogP contribution in [-0.2, 0) is 28.8 Å². The van der Waals surface area contributed by atoms with Gasteiger partial charge in [-0.3, -0.25) is 24.0 Å². The molecule has 9 N–H and O–H groups in total. The molecule has 0 aromatic carbocycles. The first-order chi connectivity index (χ1) is 14.8. The van der Waals surface area contributed by atoms with Crippen molar-refractivity contribution in [1.82, 2.24) is 16.0 Å². The summed E-state index contributed by atoms with van der Waals surface area (Å²) in [7, 11) is 0. The van der Waals surface area contributed by atoms with Gasteiger partial charge in [-0.2, -0.15) is 0 Å². The minimum absolute atomic E-state index is 0.230. The number of rotatable bonds is 15. The van der Waals surface area contributed by atoms with E-state index < -0.39 is 72.1 Å². The number of carbonyl (C=O) groups excluding carboxylic acids is 4. The number of carbonyl (C=O) groups is 6. The van der Waals surface area contributed by atoms with Crippen molar-refractivity contribution >= 4 is 35.6 Å². The summed E-state index contributed by atoms with van der Waals surface area (Å²) in [5.74, 6) is -6.10. The van der Waals surface area contributed by atoms with Crippen LogP contribution in [0.3, 0.4) is 0 Å². The van der Waals surface area contributed by atoms with Crippen LogP contribution in [0.1, 0.15) is 52.9 Å². The molecule has 0 saturated heterocycles. The summed E-state index contributed by atoms with van der Waals surface area (Å²) in [6.45, 7) is 4.74. The molecular formula is C19H33N5O8. The van der Waals surface area contributed by atoms with Crippen LogP contribution in [0, 0.1) is 5.92 Å². The van der Waals surface area contributed by atoms with Crippen molar-refractivity contribution in [2.45, 2.75) is 77.0 Å². The number of aliphatic carboxylic acids is 2. The van der Waals surface area contributed by atoms with Crippen LogP contribution in [0.25, 0.3) is 0 Å². The highest BCUT2D eigenvalue weighted by Crippen LogP contribution is 2.10. The number of hydrogen-bond donors (Lipinski definition) is 7. The van der Waals surface area contributed by atoms with E-state index in [9.17, 15) is 33.9 Å². The Balaban J connectivity index is 5.59. The number of carboxylic acid groups (broad SMARTS) is 2. The lowest BCUT2D eigenvalue weighted by Gasteiger charge is -2.26. The van der Waals surface area contributed by atoms with Gasteiger partial charge in [0.25, 0.3) is 0 Å². The zero-order valence-corrected chi connectivity index (χ0v) is 18.4. The van der Waals surface area contributed by atoms with Crippen molar-refractivity contribution in [2.24, 2.45) is 17.4 Å². The van der Waals surface area contributed by atoms with E-state index in [0.717, 1.165) is 0 Å². The number of nitrogens with one attached hydrogen (secondary N) is 3. The first kappa shape index (κ1) is 28.8. The molecule has 0 aromatic heterocycles. The molecule has 0 radical (unpaired) electrons. The zero-order chi connectivity index (χ0) is 25.0. The van der Waals surface area contributed by atoms with Gasteiger partial charge in [0.05, 0.1) is 6.04 Å². The highest BCUT2D eigenvalue weighted by atomic mass is 16.4. The monoisotopic (exact) mass is 459 g/mol. The van der Waals surface area contributed by atoms with E-state index in [2.05, 4.69) is 16.0 Å². The van der Waals surface area contributed by atoms with Crippen LogP contribution in [0.2, 0.25) is 0 Å². The van der Waals surface area contributed by atoms with Crippen molar-refractivity contribution in [3.05, 3.63) is 0 Å². The molecule has 0 rings (SSSR count). The van der Waals surface area contributed by atoms with Gasteiger partial charge in [0.1, 0.15) is 18.1 Å². The Labute approximate surface area is 185 Å². The third kappa shape index (κ3) is 10.7. The molecule has 0 aliphatic carbocycles. The largest absolute Gasteiger partial charge is 0.481 e. The molecule has 0 spiro atoms. The zero-order valence-electron chi connectivity index (χ0n) is 18.4. The topological polar surface area (TPSA) is 231 Å². The molecule has 5 unspecified atom stereocenters. The fourth-order valence-electron chi connectivity index (χ4n) is 2.60. The first-order valence-electron chi connectivity index (χ1n) is 10.2. The minimum Gasteiger partial charge on any atom is -0.481 e. The summed E-state index contributed by atoms with van der Waals surface area (Å²) in [6.07, 6.45) is -0.798. The maximum absolute atomic E-state index is 12.7. The van der Waals surface area contributed by atoms with E-state index >= 15 is 0 Å². The molecule has 0 fully saturated rings. The summed E-state index contributed by atoms with van der Waals surface area (Å²) >= 11 is 0. The molecule has 0 aliphatic rings. The first-order valence-corrected chi connectivity index (χ1v) is 10.2. The van der Waals surface area contributed by atoms with Crippen molar-refractivity contribution in [3.63, 3.8) is 0 Å². The number of nitrogens with two attached hydrogens (primary N) is 2. The number of hydrogen-bond acceptors (Lipinski definition) is 7. The summed E-state index contributed by atoms with van der Waals surface area (Å²) in [5, 5.41) is 25.3. The maximum Gasteiger partial charge on any atom is 0.326 e. The number of carboxylic acids is 2. The SMILES string of the molecule is CCC(C)C(NC(=O)C(CCC(N)=O)NC(=O)C(CCC(=O)O)NC(=O)C(C)N)C(=O)O. The van der Waals surface area contributed by atoms with Crippen molar-refractivity contribution in [2.75, 3.05) is 0 Å². The molecule has 0 bridgehead atoms. The summed E-state index contributed by atoms with van der Waals surface area (Å²) in [6, 6.07) is -4.88. The summed E-state index contributed by atoms with van der Waals surface area (Å²) in [5.41, 5.74) is 10.6. The van der Waals surface area contributed by atoms with Crippen LogP contribution in [0.15, 0.2) is 0 Å². The van der Waals surface area contributed by atoms with Crippen LogP contribution in [0.5, 0.6) is 0 Å². The quantitative estimate of drug-likeness (QED) is 0.144. The third-order valence-electron chi connectivity index (χ3n) is 4.78. The fraction of sp³-hybridized carbons (Fsp3) is 0.684. The van der Waals surface area contributed by atoms with E-state index in [1.165, 1.54) is 6.92 Å². The lowest BCUT2D eigenvalue weighted by Crippen LogP contribution is -2.57. The lowest BCUT2D eigenvalue weighted by molar-refractivity contribution is -0.144. The van der Waals surface area contributed by atoms with Gasteiger partial charge in [-0.15, -0.1) is 0 Å². The Morgan fingerprint density at radius 1 is 0.812 bits per heavy atom. The predicted octanol–water partition coefficient (Wildman–Crippen LogP) is -1.95. The molecule has 32 heavy (non-hydrogen) atoms. The average molecular weight is 460 g/mol. The number of primary amides is 1. The molecule has 13 nitrogen and oxygen atoms in total. The Bertz CT molecular complexity index is 712. The molecule has 13 heteroatoms. The third-order valence-corrected chi connectivity index (χ3v) is 4.78. The van der Waals surface area contributed by atoms with Gasteiger partial charge >= 0.3 is 11.9 Å². The van der Waals surface area contributed by atoms with Crippen molar-refractivity contribution < 1.29 is 39.0 Å². The standard InChI is InChI=1S/C19H33N5O8/c1-4-9(2)15(19(31)32)24-18(30)11(5-7-13(21)25)23-17(29)12(6-8-14(26)27)22-16(28)10(3)20/h9-12,15H,4-8,20H2,1-3H3,(H2,21,25)(H,22,28)(H,23,29)(H,24,30)(H,26,27)(H,31,32). The van der Waals surface area contributed by atoms with Gasteiger partial charge in [0.15, 0.2) is 0 Å². The highest BCUT2D eigenvalue weighted by Gasteiger charge is 2.32. The normalized spacial score (nSPS) is 15.4. The van der Waals surface area contributed by atoms with E-state index in [1.54, 1.807) is 13.8 Å². The van der Waals surface area contributed by atoms with Crippen LogP contribution in [0.4, 0.5) is 0 Å². The summed E-state index contributed by atoms with van der Waals surface area (Å²) < 4.78 is 0. The second-order valence-corrected chi connectivity index (χ2v) is 7.56. The summed E-state index contributed by atoms with van der Waals surface area (Å²) in [4.78, 5) is 70.9. The molecule has 0 aromatic rings. The van der Waals surface area contributed by atoms with E-state index in [-0.39, 0.29) is 19.3 Å². The minimum atomic E-state index is -1.35. The van der Waals surface area contributed by atoms with Crippen LogP contribution in [-0.4, -0.2) is 69.9 Å². The smallest absolute Gasteiger partial charge is 0.326 e. The van der Waals surface area contributed by atoms with E-state index in [1.807, 2.05) is 0 Å². The number of amides is 4. The van der Waals surface area contributed by atoms with E-state index in [0.29, 0.717) is 6.42 Å². The van der Waals surface area contributed by atoms with Gasteiger partial charge in [0.2, 0.25) is 23.6 Å². The Morgan fingerprint density at radius 3 is 1.69 bits per heavy atom. The lowest BCUT2D eigenvalue weighted by atomic mass is 9.98. The molecular weight excluding hydrogens is 426 g/mol. The molecule has 0 saturated carbocycles. The van der Waals surface area contributed by atoms with Crippen molar-refractivity contribution in [3.8, 4) is 0 Å².